The largest absolute Gasteiger partial charge is 0.274 e. The van der Waals surface area contributed by atoms with Crippen LogP contribution in [-0.2, 0) is 0 Å². The van der Waals surface area contributed by atoms with Gasteiger partial charge in [0.15, 0.2) is 8.07 Å². The lowest BCUT2D eigenvalue weighted by molar-refractivity contribution is -0.506. The average molecular weight is 185 g/mol. The fourth-order valence-electron chi connectivity index (χ4n) is 2.19. The first kappa shape index (κ1) is 9.77. The quantitative estimate of drug-likeness (QED) is 0.440. The van der Waals surface area contributed by atoms with Crippen LogP contribution in [0.2, 0.25) is 19.6 Å². The van der Waals surface area contributed by atoms with E-state index in [2.05, 4.69) is 43.2 Å². The molecule has 0 amide bonds. The average Bonchev–Trinajstić information content (AvgIpc) is 1.82. The molecule has 12 heavy (non-hydrogen) atoms. The molecule has 0 unspecified atom stereocenters. The van der Waals surface area contributed by atoms with E-state index in [1.807, 2.05) is 0 Å². The summed E-state index contributed by atoms with van der Waals surface area (Å²) in [7, 11) is 3.34. The fourth-order valence-corrected chi connectivity index (χ4v) is 4.71. The molecule has 1 rings (SSSR count). The Balaban J connectivity index is 2.96. The normalized spacial score (nSPS) is 20.2. The van der Waals surface area contributed by atoms with E-state index in [9.17, 15) is 0 Å². The molecular weight excluding hydrogens is 164 g/mol. The monoisotopic (exact) mass is 185 g/mol. The lowest BCUT2D eigenvalue weighted by atomic mass is 10.3. The summed E-state index contributed by atoms with van der Waals surface area (Å²) < 4.78 is 2.44. The maximum Gasteiger partial charge on any atom is 0.210 e. The first-order valence-electron chi connectivity index (χ1n) is 4.72. The van der Waals surface area contributed by atoms with E-state index in [-0.39, 0.29) is 0 Å². The van der Waals surface area contributed by atoms with Crippen LogP contribution in [0.25, 0.3) is 0 Å². The Bertz CT molecular complexity index is 203. The van der Waals surface area contributed by atoms with Crippen LogP contribution in [0.4, 0.5) is 0 Å². The summed E-state index contributed by atoms with van der Waals surface area (Å²) in [4.78, 5) is 2.44. The van der Waals surface area contributed by atoms with Crippen molar-refractivity contribution in [3.8, 4) is 0 Å². The molecule has 0 aliphatic carbocycles. The molecule has 0 aromatic rings. The summed E-state index contributed by atoms with van der Waals surface area (Å²) in [5.74, 6) is 0. The third-order valence-electron chi connectivity index (χ3n) is 2.38. The lowest BCUT2D eigenvalue weighted by Crippen LogP contribution is -2.53. The number of amidine groups is 1. The number of hydrogen-bond donors (Lipinski definition) is 0. The minimum atomic E-state index is -1.11. The zero-order chi connectivity index (χ0) is 9.35. The zero-order valence-electron chi connectivity index (χ0n) is 9.02. The Morgan fingerprint density at radius 1 is 1.33 bits per heavy atom. The van der Waals surface area contributed by atoms with Crippen molar-refractivity contribution in [1.82, 2.24) is 4.90 Å². The minimum absolute atomic E-state index is 1.11. The van der Waals surface area contributed by atoms with Crippen molar-refractivity contribution < 1.29 is 4.58 Å². The molecule has 1 aliphatic heterocycles. The Kier molecular flexibility index (Phi) is 2.61. The van der Waals surface area contributed by atoms with Gasteiger partial charge in [-0.15, -0.1) is 0 Å². The molecule has 0 aromatic heterocycles. The molecule has 0 radical (unpaired) electrons. The van der Waals surface area contributed by atoms with Crippen molar-refractivity contribution in [1.29, 1.82) is 0 Å². The summed E-state index contributed by atoms with van der Waals surface area (Å²) in [6, 6.07) is 0. The van der Waals surface area contributed by atoms with E-state index in [1.165, 1.54) is 19.5 Å². The molecule has 0 bridgehead atoms. The van der Waals surface area contributed by atoms with Crippen LogP contribution >= 0.6 is 0 Å². The predicted molar refractivity (Wildman–Crippen MR) is 56.7 cm³/mol. The van der Waals surface area contributed by atoms with E-state index < -0.39 is 8.07 Å². The Morgan fingerprint density at radius 3 is 2.25 bits per heavy atom. The van der Waals surface area contributed by atoms with Crippen molar-refractivity contribution in [3.05, 3.63) is 0 Å². The summed E-state index contributed by atoms with van der Waals surface area (Å²) >= 11 is 0. The van der Waals surface area contributed by atoms with Gasteiger partial charge < -0.3 is 0 Å². The molecule has 0 saturated heterocycles. The second kappa shape index (κ2) is 3.21. The molecule has 70 valence electrons. The van der Waals surface area contributed by atoms with Gasteiger partial charge in [0.1, 0.15) is 0 Å². The van der Waals surface area contributed by atoms with Gasteiger partial charge in [0.2, 0.25) is 5.46 Å². The SMILES string of the molecule is CN1CCC[N+](C)=C1[Si](C)(C)C. The van der Waals surface area contributed by atoms with Crippen LogP contribution in [0.15, 0.2) is 0 Å². The second-order valence-corrected chi connectivity index (χ2v) is 9.72. The molecular formula is C9H21N2Si+. The molecule has 0 fully saturated rings. The summed E-state index contributed by atoms with van der Waals surface area (Å²) in [5.41, 5.74) is 1.61. The van der Waals surface area contributed by atoms with Crippen molar-refractivity contribution in [2.45, 2.75) is 26.1 Å². The first-order chi connectivity index (χ1) is 5.43. The van der Waals surface area contributed by atoms with Crippen LogP contribution in [0.3, 0.4) is 0 Å². The van der Waals surface area contributed by atoms with Gasteiger partial charge in [-0.3, -0.25) is 9.48 Å². The molecule has 0 N–H and O–H groups in total. The standard InChI is InChI=1S/C9H21N2Si/c1-10-7-6-8-11(2)9(10)12(3,4)5/h6-8H2,1-5H3/q+1. The molecule has 0 atom stereocenters. The molecule has 0 aromatic carbocycles. The van der Waals surface area contributed by atoms with Gasteiger partial charge in [0, 0.05) is 6.42 Å². The smallest absolute Gasteiger partial charge is 0.210 e. The van der Waals surface area contributed by atoms with Gasteiger partial charge in [-0.1, -0.05) is 19.6 Å². The van der Waals surface area contributed by atoms with Gasteiger partial charge in [-0.2, -0.15) is 0 Å². The predicted octanol–water partition coefficient (Wildman–Crippen LogP) is 1.24. The third-order valence-corrected chi connectivity index (χ3v) is 4.49. The van der Waals surface area contributed by atoms with E-state index >= 15 is 0 Å². The third kappa shape index (κ3) is 1.89. The zero-order valence-corrected chi connectivity index (χ0v) is 10.0. The number of hydrogen-bond acceptors (Lipinski definition) is 1. The molecule has 2 nitrogen and oxygen atoms in total. The van der Waals surface area contributed by atoms with E-state index in [4.69, 9.17) is 0 Å². The molecule has 1 aliphatic rings. The maximum atomic E-state index is 2.44. The topological polar surface area (TPSA) is 6.25 Å². The number of nitrogens with zero attached hydrogens (tertiary/aromatic N) is 2. The van der Waals surface area contributed by atoms with Gasteiger partial charge in [-0.25, -0.2) is 0 Å². The maximum absolute atomic E-state index is 2.44. The Morgan fingerprint density at radius 2 is 1.92 bits per heavy atom. The van der Waals surface area contributed by atoms with Gasteiger partial charge in [0.25, 0.3) is 0 Å². The van der Waals surface area contributed by atoms with Crippen molar-refractivity contribution in [2.75, 3.05) is 27.2 Å². The molecule has 0 spiro atoms. The highest BCUT2D eigenvalue weighted by atomic mass is 28.3. The first-order valence-corrected chi connectivity index (χ1v) is 8.22. The van der Waals surface area contributed by atoms with Crippen molar-refractivity contribution in [2.24, 2.45) is 0 Å². The second-order valence-electron chi connectivity index (χ2n) is 4.77. The fraction of sp³-hybridized carbons (Fsp3) is 0.889. The highest BCUT2D eigenvalue weighted by Gasteiger charge is 2.35. The highest BCUT2D eigenvalue weighted by Crippen LogP contribution is 2.10. The molecule has 3 heteroatoms. The van der Waals surface area contributed by atoms with Crippen LogP contribution in [-0.4, -0.2) is 50.2 Å². The van der Waals surface area contributed by atoms with Crippen LogP contribution in [0.1, 0.15) is 6.42 Å². The summed E-state index contributed by atoms with van der Waals surface area (Å²) in [6.07, 6.45) is 1.31. The van der Waals surface area contributed by atoms with E-state index in [1.54, 1.807) is 5.46 Å². The molecule has 0 saturated carbocycles. The lowest BCUT2D eigenvalue weighted by Gasteiger charge is -2.29. The van der Waals surface area contributed by atoms with Crippen LogP contribution < -0.4 is 0 Å². The number of rotatable bonds is 1. The van der Waals surface area contributed by atoms with E-state index in [0.29, 0.717) is 0 Å². The minimum Gasteiger partial charge on any atom is -0.274 e. The summed E-state index contributed by atoms with van der Waals surface area (Å²) in [6.45, 7) is 9.73. The Hall–Kier alpha value is -0.313. The van der Waals surface area contributed by atoms with Gasteiger partial charge >= 0.3 is 0 Å². The van der Waals surface area contributed by atoms with Crippen molar-refractivity contribution in [3.63, 3.8) is 0 Å². The summed E-state index contributed by atoms with van der Waals surface area (Å²) in [5, 5.41) is 0. The van der Waals surface area contributed by atoms with Crippen molar-refractivity contribution >= 4 is 13.5 Å². The molecule has 1 heterocycles. The van der Waals surface area contributed by atoms with E-state index in [0.717, 1.165) is 0 Å². The van der Waals surface area contributed by atoms with Gasteiger partial charge in [0.05, 0.1) is 27.2 Å². The Labute approximate surface area is 76.9 Å². The highest BCUT2D eigenvalue weighted by molar-refractivity contribution is 7.03. The van der Waals surface area contributed by atoms with Crippen LogP contribution in [0.5, 0.6) is 0 Å². The van der Waals surface area contributed by atoms with Crippen LogP contribution in [0, 0.1) is 0 Å². The van der Waals surface area contributed by atoms with Gasteiger partial charge in [-0.05, 0) is 0 Å².